The molecule has 16 heavy (non-hydrogen) atoms. The number of ether oxygens (including phenoxy) is 1. The lowest BCUT2D eigenvalue weighted by atomic mass is 10.1. The highest BCUT2D eigenvalue weighted by molar-refractivity contribution is 5.68. The first-order valence-electron chi connectivity index (χ1n) is 4.63. The molecule has 88 valence electrons. The predicted molar refractivity (Wildman–Crippen MR) is 53.9 cm³/mol. The van der Waals surface area contributed by atoms with Crippen LogP contribution in [0.2, 0.25) is 0 Å². The van der Waals surface area contributed by atoms with Gasteiger partial charge in [0.2, 0.25) is 0 Å². The molecule has 0 fully saturated rings. The Labute approximate surface area is 92.1 Å². The summed E-state index contributed by atoms with van der Waals surface area (Å²) in [5.41, 5.74) is 1.20. The lowest BCUT2D eigenvalue weighted by Crippen LogP contribution is -2.08. The molecule has 1 aromatic rings. The monoisotopic (exact) mass is 227 g/mol. The molecule has 0 radical (unpaired) electrons. The van der Waals surface area contributed by atoms with Crippen LogP contribution in [-0.2, 0) is 22.7 Å². The first kappa shape index (κ1) is 12.4. The van der Waals surface area contributed by atoms with Gasteiger partial charge < -0.3 is 20.1 Å². The molecule has 1 rings (SSSR count). The minimum Gasteiger partial charge on any atom is -0.506 e. The largest absolute Gasteiger partial charge is 0.506 e. The van der Waals surface area contributed by atoms with Crippen LogP contribution < -0.4 is 0 Å². The van der Waals surface area contributed by atoms with Gasteiger partial charge in [-0.05, 0) is 6.92 Å². The lowest BCUT2D eigenvalue weighted by molar-refractivity contribution is -0.142. The molecule has 0 bridgehead atoms. The number of hydrogen-bond acceptors (Lipinski definition) is 5. The van der Waals surface area contributed by atoms with Crippen LogP contribution in [0.1, 0.15) is 16.8 Å². The molecule has 3 N–H and O–H groups in total. The van der Waals surface area contributed by atoms with Crippen molar-refractivity contribution >= 4 is 5.97 Å². The molecule has 6 heteroatoms. The van der Waals surface area contributed by atoms with E-state index in [9.17, 15) is 9.90 Å². The van der Waals surface area contributed by atoms with E-state index >= 15 is 0 Å². The Morgan fingerprint density at radius 2 is 2.25 bits per heavy atom. The van der Waals surface area contributed by atoms with Gasteiger partial charge in [0.05, 0.1) is 18.9 Å². The van der Waals surface area contributed by atoms with Crippen molar-refractivity contribution < 1.29 is 24.9 Å². The fourth-order valence-corrected chi connectivity index (χ4v) is 1.22. The van der Waals surface area contributed by atoms with Gasteiger partial charge in [0.15, 0.2) is 0 Å². The topological polar surface area (TPSA) is 99.9 Å². The Morgan fingerprint density at radius 3 is 2.81 bits per heavy atom. The third-order valence-corrected chi connectivity index (χ3v) is 2.07. The molecule has 1 aromatic heterocycles. The fourth-order valence-electron chi connectivity index (χ4n) is 1.22. The maximum absolute atomic E-state index is 10.2. The van der Waals surface area contributed by atoms with Gasteiger partial charge in [-0.3, -0.25) is 4.98 Å². The number of hydrogen-bond donors (Lipinski definition) is 3. The zero-order chi connectivity index (χ0) is 12.1. The predicted octanol–water partition coefficient (Wildman–Crippen LogP) is 0.189. The second-order valence-corrected chi connectivity index (χ2v) is 3.24. The normalized spacial score (nSPS) is 10.4. The van der Waals surface area contributed by atoms with Crippen LogP contribution in [0.5, 0.6) is 5.75 Å². The maximum Gasteiger partial charge on any atom is 0.329 e. The van der Waals surface area contributed by atoms with Crippen LogP contribution in [0.3, 0.4) is 0 Å². The highest BCUT2D eigenvalue weighted by Crippen LogP contribution is 2.24. The van der Waals surface area contributed by atoms with Crippen LogP contribution in [-0.4, -0.2) is 32.9 Å². The second-order valence-electron chi connectivity index (χ2n) is 3.24. The number of carboxylic acids is 1. The number of aromatic hydroxyl groups is 1. The number of nitrogens with zero attached hydrogens (tertiary/aromatic N) is 1. The van der Waals surface area contributed by atoms with Crippen LogP contribution in [0.25, 0.3) is 0 Å². The first-order valence-corrected chi connectivity index (χ1v) is 4.63. The average Bonchev–Trinajstić information content (AvgIpc) is 2.24. The Bertz CT molecular complexity index is 391. The van der Waals surface area contributed by atoms with Gasteiger partial charge in [-0.15, -0.1) is 0 Å². The first-order chi connectivity index (χ1) is 7.56. The number of pyridine rings is 1. The molecular formula is C10H13NO5. The van der Waals surface area contributed by atoms with Crippen molar-refractivity contribution in [1.82, 2.24) is 4.98 Å². The molecule has 0 atom stereocenters. The molecule has 1 heterocycles. The number of carboxylic acid groups (broad SMARTS) is 1. The second kappa shape index (κ2) is 5.43. The van der Waals surface area contributed by atoms with Gasteiger partial charge in [0, 0.05) is 17.3 Å². The molecule has 0 unspecified atom stereocenters. The van der Waals surface area contributed by atoms with Crippen molar-refractivity contribution in [2.45, 2.75) is 20.1 Å². The quantitative estimate of drug-likeness (QED) is 0.664. The highest BCUT2D eigenvalue weighted by Gasteiger charge is 2.11. The summed E-state index contributed by atoms with van der Waals surface area (Å²) in [7, 11) is 0. The number of carbonyl (C=O) groups is 1. The summed E-state index contributed by atoms with van der Waals surface area (Å²) in [6, 6.07) is 0. The summed E-state index contributed by atoms with van der Waals surface area (Å²) in [5, 5.41) is 27.1. The van der Waals surface area contributed by atoms with Gasteiger partial charge in [-0.2, -0.15) is 0 Å². The van der Waals surface area contributed by atoms with E-state index < -0.39 is 12.6 Å². The van der Waals surface area contributed by atoms with E-state index in [1.54, 1.807) is 6.92 Å². The standard InChI is InChI=1S/C10H13NO5/c1-6-10(15)8(4-16-5-9(13)14)7(3-12)2-11-6/h2,12,15H,3-5H2,1H3,(H,13,14). The SMILES string of the molecule is Cc1ncc(CO)c(COCC(=O)O)c1O. The summed E-state index contributed by atoms with van der Waals surface area (Å²) in [6.45, 7) is 0.798. The number of aliphatic carboxylic acids is 1. The fraction of sp³-hybridized carbons (Fsp3) is 0.400. The third kappa shape index (κ3) is 2.91. The number of aliphatic hydroxyl groups is 1. The summed E-state index contributed by atoms with van der Waals surface area (Å²) in [4.78, 5) is 14.1. The summed E-state index contributed by atoms with van der Waals surface area (Å²) in [5.74, 6) is -1.16. The van der Waals surface area contributed by atoms with Gasteiger partial charge in [0.1, 0.15) is 12.4 Å². The number of rotatable bonds is 5. The highest BCUT2D eigenvalue weighted by atomic mass is 16.5. The Hall–Kier alpha value is -1.66. The maximum atomic E-state index is 10.2. The van der Waals surface area contributed by atoms with E-state index in [4.69, 9.17) is 14.9 Å². The minimum atomic E-state index is -1.09. The van der Waals surface area contributed by atoms with Crippen LogP contribution in [0.15, 0.2) is 6.20 Å². The van der Waals surface area contributed by atoms with Gasteiger partial charge in [-0.1, -0.05) is 0 Å². The lowest BCUT2D eigenvalue weighted by Gasteiger charge is -2.10. The molecule has 0 spiro atoms. The van der Waals surface area contributed by atoms with E-state index in [0.717, 1.165) is 0 Å². The van der Waals surface area contributed by atoms with Crippen molar-refractivity contribution in [2.75, 3.05) is 6.61 Å². The van der Waals surface area contributed by atoms with Crippen LogP contribution in [0.4, 0.5) is 0 Å². The van der Waals surface area contributed by atoms with Crippen molar-refractivity contribution in [3.05, 3.63) is 23.0 Å². The molecule has 6 nitrogen and oxygen atoms in total. The van der Waals surface area contributed by atoms with Crippen molar-refractivity contribution in [3.63, 3.8) is 0 Å². The molecule has 0 aromatic carbocycles. The smallest absolute Gasteiger partial charge is 0.329 e. The zero-order valence-corrected chi connectivity index (χ0v) is 8.80. The van der Waals surface area contributed by atoms with E-state index in [-0.39, 0.29) is 19.0 Å². The van der Waals surface area contributed by atoms with E-state index in [1.807, 2.05) is 0 Å². The van der Waals surface area contributed by atoms with Crippen LogP contribution >= 0.6 is 0 Å². The molecule has 0 aliphatic heterocycles. The number of aliphatic hydroxyl groups excluding tert-OH is 1. The van der Waals surface area contributed by atoms with Crippen molar-refractivity contribution in [3.8, 4) is 5.75 Å². The summed E-state index contributed by atoms with van der Waals surface area (Å²) < 4.78 is 4.86. The van der Waals surface area contributed by atoms with E-state index in [0.29, 0.717) is 16.8 Å². The molecule has 0 amide bonds. The Kier molecular flexibility index (Phi) is 4.21. The number of aromatic nitrogens is 1. The Morgan fingerprint density at radius 1 is 1.56 bits per heavy atom. The van der Waals surface area contributed by atoms with E-state index in [1.165, 1.54) is 6.20 Å². The van der Waals surface area contributed by atoms with E-state index in [2.05, 4.69) is 4.98 Å². The summed E-state index contributed by atoms with van der Waals surface area (Å²) >= 11 is 0. The Balaban J connectivity index is 2.83. The number of aryl methyl sites for hydroxylation is 1. The molecule has 0 aliphatic rings. The summed E-state index contributed by atoms with van der Waals surface area (Å²) in [6.07, 6.45) is 1.43. The molecule has 0 saturated carbocycles. The molecule has 0 saturated heterocycles. The van der Waals surface area contributed by atoms with Crippen molar-refractivity contribution in [2.24, 2.45) is 0 Å². The zero-order valence-electron chi connectivity index (χ0n) is 8.80. The van der Waals surface area contributed by atoms with Crippen molar-refractivity contribution in [1.29, 1.82) is 0 Å². The molecular weight excluding hydrogens is 214 g/mol. The van der Waals surface area contributed by atoms with Gasteiger partial charge >= 0.3 is 5.97 Å². The molecule has 0 aliphatic carbocycles. The van der Waals surface area contributed by atoms with Crippen LogP contribution in [0, 0.1) is 6.92 Å². The van der Waals surface area contributed by atoms with Gasteiger partial charge in [-0.25, -0.2) is 4.79 Å². The van der Waals surface area contributed by atoms with Gasteiger partial charge in [0.25, 0.3) is 0 Å². The third-order valence-electron chi connectivity index (χ3n) is 2.07. The average molecular weight is 227 g/mol. The minimum absolute atomic E-state index is 0.0720.